The van der Waals surface area contributed by atoms with Gasteiger partial charge in [0, 0.05) is 16.8 Å². The van der Waals surface area contributed by atoms with Crippen LogP contribution in [0.3, 0.4) is 0 Å². The average Bonchev–Trinajstić information content (AvgIpc) is 2.37. The van der Waals surface area contributed by atoms with Gasteiger partial charge in [-0.05, 0) is 36.8 Å². The minimum absolute atomic E-state index is 0.0212. The predicted molar refractivity (Wildman–Crippen MR) is 75.3 cm³/mol. The molecular weight excluding hydrogens is 280 g/mol. The van der Waals surface area contributed by atoms with Crippen molar-refractivity contribution < 1.29 is 14.7 Å². The molecule has 2 rings (SSSR count). The van der Waals surface area contributed by atoms with Crippen LogP contribution in [-0.2, 0) is 0 Å². The fraction of sp³-hybridized carbons (Fsp3) is 0.0714. The zero-order valence-corrected chi connectivity index (χ0v) is 11.3. The van der Waals surface area contributed by atoms with E-state index in [1.165, 1.54) is 24.5 Å². The van der Waals surface area contributed by atoms with Crippen LogP contribution < -0.4 is 5.32 Å². The van der Waals surface area contributed by atoms with Crippen molar-refractivity contribution in [3.8, 4) is 0 Å². The van der Waals surface area contributed by atoms with Gasteiger partial charge in [-0.2, -0.15) is 0 Å². The van der Waals surface area contributed by atoms with Crippen molar-refractivity contribution in [2.24, 2.45) is 0 Å². The molecule has 0 fully saturated rings. The van der Waals surface area contributed by atoms with Crippen LogP contribution in [-0.4, -0.2) is 22.0 Å². The van der Waals surface area contributed by atoms with Crippen molar-refractivity contribution in [3.63, 3.8) is 0 Å². The molecule has 0 unspecified atom stereocenters. The fourth-order valence-corrected chi connectivity index (χ4v) is 2.03. The van der Waals surface area contributed by atoms with Crippen LogP contribution in [0.2, 0.25) is 5.02 Å². The Morgan fingerprint density at radius 1 is 1.30 bits per heavy atom. The van der Waals surface area contributed by atoms with E-state index in [4.69, 9.17) is 16.7 Å². The molecule has 1 amide bonds. The lowest BCUT2D eigenvalue weighted by Gasteiger charge is -2.08. The standard InChI is InChI=1S/C14H11ClN2O3/c1-8-4-9(6-10(15)5-8)13(18)17-12-7-16-3-2-11(12)14(19)20/h2-7H,1H3,(H,17,18)(H,19,20). The highest BCUT2D eigenvalue weighted by Gasteiger charge is 2.14. The third-order valence-electron chi connectivity index (χ3n) is 2.60. The minimum Gasteiger partial charge on any atom is -0.478 e. The zero-order chi connectivity index (χ0) is 14.7. The lowest BCUT2D eigenvalue weighted by molar-refractivity contribution is 0.0698. The minimum atomic E-state index is -1.13. The summed E-state index contributed by atoms with van der Waals surface area (Å²) in [7, 11) is 0. The number of aromatic carboxylic acids is 1. The largest absolute Gasteiger partial charge is 0.478 e. The molecule has 102 valence electrons. The first kappa shape index (κ1) is 14.0. The van der Waals surface area contributed by atoms with Crippen molar-refractivity contribution in [2.45, 2.75) is 6.92 Å². The van der Waals surface area contributed by atoms with Crippen LogP contribution in [0, 0.1) is 6.92 Å². The molecule has 1 aromatic heterocycles. The Hall–Kier alpha value is -2.40. The van der Waals surface area contributed by atoms with E-state index in [-0.39, 0.29) is 11.3 Å². The Bertz CT molecular complexity index is 666. The number of aryl methyl sites for hydroxylation is 1. The predicted octanol–water partition coefficient (Wildman–Crippen LogP) is 2.99. The number of pyridine rings is 1. The molecule has 5 nitrogen and oxygen atoms in total. The van der Waals surface area contributed by atoms with Crippen LogP contribution in [0.4, 0.5) is 5.69 Å². The van der Waals surface area contributed by atoms with E-state index in [0.29, 0.717) is 10.6 Å². The Labute approximate surface area is 120 Å². The van der Waals surface area contributed by atoms with Crippen molar-refractivity contribution >= 4 is 29.2 Å². The van der Waals surface area contributed by atoms with Gasteiger partial charge in [-0.25, -0.2) is 4.79 Å². The maximum Gasteiger partial charge on any atom is 0.337 e. The monoisotopic (exact) mass is 290 g/mol. The Morgan fingerprint density at radius 2 is 2.05 bits per heavy atom. The molecule has 1 heterocycles. The molecule has 0 aliphatic rings. The maximum absolute atomic E-state index is 12.1. The molecule has 0 aliphatic carbocycles. The fourth-order valence-electron chi connectivity index (χ4n) is 1.74. The number of nitrogens with one attached hydrogen (secondary N) is 1. The van der Waals surface area contributed by atoms with Crippen LogP contribution in [0.5, 0.6) is 0 Å². The Kier molecular flexibility index (Phi) is 4.00. The summed E-state index contributed by atoms with van der Waals surface area (Å²) in [5, 5.41) is 12.0. The third-order valence-corrected chi connectivity index (χ3v) is 2.82. The quantitative estimate of drug-likeness (QED) is 0.911. The molecule has 20 heavy (non-hydrogen) atoms. The number of halogens is 1. The van der Waals surface area contributed by atoms with Gasteiger partial charge in [0.2, 0.25) is 0 Å². The number of anilines is 1. The van der Waals surface area contributed by atoms with Crippen molar-refractivity contribution in [1.82, 2.24) is 4.98 Å². The van der Waals surface area contributed by atoms with E-state index >= 15 is 0 Å². The SMILES string of the molecule is Cc1cc(Cl)cc(C(=O)Nc2cnccc2C(=O)O)c1. The number of hydrogen-bond acceptors (Lipinski definition) is 3. The van der Waals surface area contributed by atoms with E-state index in [1.54, 1.807) is 12.1 Å². The Balaban J connectivity index is 2.30. The van der Waals surface area contributed by atoms with Gasteiger partial charge in [0.25, 0.3) is 5.91 Å². The topological polar surface area (TPSA) is 79.3 Å². The molecule has 0 saturated heterocycles. The smallest absolute Gasteiger partial charge is 0.337 e. The molecule has 0 radical (unpaired) electrons. The number of aromatic nitrogens is 1. The van der Waals surface area contributed by atoms with Crippen LogP contribution in [0.15, 0.2) is 36.7 Å². The number of rotatable bonds is 3. The molecule has 2 aromatic rings. The number of amides is 1. The second-order valence-corrected chi connectivity index (χ2v) is 4.63. The lowest BCUT2D eigenvalue weighted by atomic mass is 10.1. The summed E-state index contributed by atoms with van der Waals surface area (Å²) in [5.41, 5.74) is 1.32. The van der Waals surface area contributed by atoms with E-state index in [1.807, 2.05) is 6.92 Å². The molecule has 0 bridgehead atoms. The van der Waals surface area contributed by atoms with Crippen LogP contribution >= 0.6 is 11.6 Å². The second-order valence-electron chi connectivity index (χ2n) is 4.20. The summed E-state index contributed by atoms with van der Waals surface area (Å²) in [6, 6.07) is 6.23. The molecule has 0 atom stereocenters. The molecule has 2 N–H and O–H groups in total. The van der Waals surface area contributed by atoms with Gasteiger partial charge >= 0.3 is 5.97 Å². The number of carbonyl (C=O) groups excluding carboxylic acids is 1. The second kappa shape index (κ2) is 5.71. The Morgan fingerprint density at radius 3 is 2.70 bits per heavy atom. The van der Waals surface area contributed by atoms with Gasteiger partial charge in [-0.1, -0.05) is 11.6 Å². The summed E-state index contributed by atoms with van der Waals surface area (Å²) in [5.74, 6) is -1.57. The third kappa shape index (κ3) is 3.13. The number of carbonyl (C=O) groups is 2. The van der Waals surface area contributed by atoms with E-state index in [9.17, 15) is 9.59 Å². The van der Waals surface area contributed by atoms with E-state index in [2.05, 4.69) is 10.3 Å². The van der Waals surface area contributed by atoms with Gasteiger partial charge in [0.1, 0.15) is 0 Å². The summed E-state index contributed by atoms with van der Waals surface area (Å²) >= 11 is 5.89. The maximum atomic E-state index is 12.1. The summed E-state index contributed by atoms with van der Waals surface area (Å²) in [6.07, 6.45) is 2.64. The normalized spacial score (nSPS) is 10.1. The first-order valence-electron chi connectivity index (χ1n) is 5.73. The van der Waals surface area contributed by atoms with Gasteiger partial charge in [-0.3, -0.25) is 9.78 Å². The summed E-state index contributed by atoms with van der Waals surface area (Å²) < 4.78 is 0. The summed E-state index contributed by atoms with van der Waals surface area (Å²) in [6.45, 7) is 1.81. The van der Waals surface area contributed by atoms with E-state index in [0.717, 1.165) is 5.56 Å². The zero-order valence-electron chi connectivity index (χ0n) is 10.6. The van der Waals surface area contributed by atoms with E-state index < -0.39 is 11.9 Å². The summed E-state index contributed by atoms with van der Waals surface area (Å²) in [4.78, 5) is 27.0. The number of benzene rings is 1. The van der Waals surface area contributed by atoms with Crippen LogP contribution in [0.1, 0.15) is 26.3 Å². The number of carboxylic acid groups (broad SMARTS) is 1. The highest BCUT2D eigenvalue weighted by Crippen LogP contribution is 2.18. The van der Waals surface area contributed by atoms with Crippen molar-refractivity contribution in [3.05, 3.63) is 58.4 Å². The molecule has 1 aromatic carbocycles. The molecule has 0 spiro atoms. The highest BCUT2D eigenvalue weighted by molar-refractivity contribution is 6.31. The van der Waals surface area contributed by atoms with Crippen molar-refractivity contribution in [1.29, 1.82) is 0 Å². The average molecular weight is 291 g/mol. The lowest BCUT2D eigenvalue weighted by Crippen LogP contribution is -2.15. The van der Waals surface area contributed by atoms with Gasteiger partial charge in [0.05, 0.1) is 17.4 Å². The first-order valence-corrected chi connectivity index (χ1v) is 6.11. The number of hydrogen-bond donors (Lipinski definition) is 2. The number of carboxylic acids is 1. The molecular formula is C14H11ClN2O3. The van der Waals surface area contributed by atoms with Gasteiger partial charge in [0.15, 0.2) is 0 Å². The highest BCUT2D eigenvalue weighted by atomic mass is 35.5. The first-order chi connectivity index (χ1) is 9.47. The number of nitrogens with zero attached hydrogens (tertiary/aromatic N) is 1. The van der Waals surface area contributed by atoms with Crippen LogP contribution in [0.25, 0.3) is 0 Å². The molecule has 6 heteroatoms. The van der Waals surface area contributed by atoms with Gasteiger partial charge in [-0.15, -0.1) is 0 Å². The molecule has 0 saturated carbocycles. The van der Waals surface area contributed by atoms with Gasteiger partial charge < -0.3 is 10.4 Å². The van der Waals surface area contributed by atoms with Crippen molar-refractivity contribution in [2.75, 3.05) is 5.32 Å². The molecule has 0 aliphatic heterocycles.